The molecule has 0 amide bonds. The molecule has 0 atom stereocenters. The highest BCUT2D eigenvalue weighted by molar-refractivity contribution is 5.94. The van der Waals surface area contributed by atoms with Gasteiger partial charge >= 0.3 is 0 Å². The van der Waals surface area contributed by atoms with Crippen LogP contribution in [-0.2, 0) is 0 Å². The zero-order valence-electron chi connectivity index (χ0n) is 9.26. The number of benzene rings is 1. The molecular formula is C13H14N2O. The third kappa shape index (κ3) is 2.19. The molecule has 0 aliphatic heterocycles. The van der Waals surface area contributed by atoms with Gasteiger partial charge in [-0.1, -0.05) is 25.1 Å². The molecule has 2 rings (SSSR count). The first-order valence-corrected chi connectivity index (χ1v) is 5.45. The number of carbonyl (C=O) groups is 1. The van der Waals surface area contributed by atoms with Gasteiger partial charge in [0.2, 0.25) is 0 Å². The molecule has 0 saturated carbocycles. The van der Waals surface area contributed by atoms with Gasteiger partial charge in [-0.15, -0.1) is 0 Å². The van der Waals surface area contributed by atoms with Gasteiger partial charge in [0.25, 0.3) is 0 Å². The van der Waals surface area contributed by atoms with Gasteiger partial charge in [0.15, 0.2) is 5.78 Å². The van der Waals surface area contributed by atoms with Crippen molar-refractivity contribution in [1.29, 1.82) is 0 Å². The number of Topliss-reactive ketones (excluding diaryl/α,β-unsaturated/α-hetero) is 1. The van der Waals surface area contributed by atoms with Crippen LogP contribution in [0.1, 0.15) is 30.3 Å². The van der Waals surface area contributed by atoms with Crippen molar-refractivity contribution in [3.63, 3.8) is 0 Å². The molecule has 0 N–H and O–H groups in total. The number of carbonyl (C=O) groups excluding carboxylic acids is 1. The van der Waals surface area contributed by atoms with Crippen LogP contribution in [0.25, 0.3) is 5.69 Å². The molecule has 0 fully saturated rings. The molecule has 0 spiro atoms. The normalized spacial score (nSPS) is 10.3. The predicted molar refractivity (Wildman–Crippen MR) is 62.8 cm³/mol. The van der Waals surface area contributed by atoms with Crippen molar-refractivity contribution in [2.75, 3.05) is 0 Å². The molecule has 0 saturated heterocycles. The largest absolute Gasteiger partial charge is 0.292 e. The second kappa shape index (κ2) is 4.75. The summed E-state index contributed by atoms with van der Waals surface area (Å²) in [6.07, 6.45) is 3.24. The summed E-state index contributed by atoms with van der Waals surface area (Å²) in [6, 6.07) is 11.5. The second-order valence-corrected chi connectivity index (χ2v) is 3.65. The Morgan fingerprint density at radius 3 is 2.69 bits per heavy atom. The van der Waals surface area contributed by atoms with E-state index in [1.165, 1.54) is 0 Å². The van der Waals surface area contributed by atoms with Crippen LogP contribution >= 0.6 is 0 Å². The van der Waals surface area contributed by atoms with Gasteiger partial charge in [0, 0.05) is 12.6 Å². The third-order valence-corrected chi connectivity index (χ3v) is 2.37. The van der Waals surface area contributed by atoms with E-state index in [2.05, 4.69) is 5.10 Å². The molecule has 1 heterocycles. The first kappa shape index (κ1) is 10.6. The molecular weight excluding hydrogens is 200 g/mol. The standard InChI is InChI=1S/C13H14N2O/c1-2-6-13(16)12-9-10-15(14-12)11-7-4-3-5-8-11/h3-5,7-10H,2,6H2,1H3. The van der Waals surface area contributed by atoms with Crippen molar-refractivity contribution in [2.45, 2.75) is 19.8 Å². The molecule has 16 heavy (non-hydrogen) atoms. The molecule has 0 unspecified atom stereocenters. The Balaban J connectivity index is 2.23. The van der Waals surface area contributed by atoms with Crippen LogP contribution in [0.4, 0.5) is 0 Å². The molecule has 0 bridgehead atoms. The van der Waals surface area contributed by atoms with Gasteiger partial charge in [-0.05, 0) is 24.6 Å². The van der Waals surface area contributed by atoms with Crippen LogP contribution in [0.2, 0.25) is 0 Å². The van der Waals surface area contributed by atoms with Crippen LogP contribution in [-0.4, -0.2) is 15.6 Å². The van der Waals surface area contributed by atoms with E-state index in [0.29, 0.717) is 12.1 Å². The van der Waals surface area contributed by atoms with E-state index in [-0.39, 0.29) is 5.78 Å². The monoisotopic (exact) mass is 214 g/mol. The number of nitrogens with zero attached hydrogens (tertiary/aromatic N) is 2. The number of ketones is 1. The van der Waals surface area contributed by atoms with Crippen molar-refractivity contribution in [3.8, 4) is 5.69 Å². The summed E-state index contributed by atoms with van der Waals surface area (Å²) in [4.78, 5) is 11.6. The molecule has 1 aromatic heterocycles. The average molecular weight is 214 g/mol. The van der Waals surface area contributed by atoms with Crippen molar-refractivity contribution in [3.05, 3.63) is 48.3 Å². The van der Waals surface area contributed by atoms with Crippen LogP contribution < -0.4 is 0 Å². The van der Waals surface area contributed by atoms with Gasteiger partial charge in [-0.2, -0.15) is 5.10 Å². The zero-order valence-corrected chi connectivity index (χ0v) is 9.26. The summed E-state index contributed by atoms with van der Waals surface area (Å²) in [6.45, 7) is 1.99. The quantitative estimate of drug-likeness (QED) is 0.733. The summed E-state index contributed by atoms with van der Waals surface area (Å²) in [7, 11) is 0. The van der Waals surface area contributed by atoms with E-state index < -0.39 is 0 Å². The number of aromatic nitrogens is 2. The molecule has 3 heteroatoms. The second-order valence-electron chi connectivity index (χ2n) is 3.65. The smallest absolute Gasteiger partial charge is 0.183 e. The van der Waals surface area contributed by atoms with E-state index in [1.807, 2.05) is 43.5 Å². The van der Waals surface area contributed by atoms with Crippen molar-refractivity contribution in [1.82, 2.24) is 9.78 Å². The summed E-state index contributed by atoms with van der Waals surface area (Å²) in [5, 5.41) is 4.27. The van der Waals surface area contributed by atoms with E-state index in [4.69, 9.17) is 0 Å². The lowest BCUT2D eigenvalue weighted by atomic mass is 10.2. The van der Waals surface area contributed by atoms with E-state index >= 15 is 0 Å². The minimum Gasteiger partial charge on any atom is -0.292 e. The maximum Gasteiger partial charge on any atom is 0.183 e. The Labute approximate surface area is 94.7 Å². The molecule has 82 valence electrons. The first-order chi connectivity index (χ1) is 7.81. The SMILES string of the molecule is CCCC(=O)c1ccn(-c2ccccc2)n1. The Hall–Kier alpha value is -1.90. The first-order valence-electron chi connectivity index (χ1n) is 5.45. The summed E-state index contributed by atoms with van der Waals surface area (Å²) in [5.74, 6) is 0.109. The van der Waals surface area contributed by atoms with Crippen molar-refractivity contribution >= 4 is 5.78 Å². The highest BCUT2D eigenvalue weighted by Crippen LogP contribution is 2.08. The Morgan fingerprint density at radius 2 is 2.00 bits per heavy atom. The lowest BCUT2D eigenvalue weighted by Gasteiger charge is -1.99. The maximum atomic E-state index is 11.6. The zero-order chi connectivity index (χ0) is 11.4. The van der Waals surface area contributed by atoms with Crippen LogP contribution in [0.3, 0.4) is 0 Å². The number of hydrogen-bond acceptors (Lipinski definition) is 2. The lowest BCUT2D eigenvalue weighted by Crippen LogP contribution is -2.01. The summed E-state index contributed by atoms with van der Waals surface area (Å²) in [5.41, 5.74) is 1.52. The maximum absolute atomic E-state index is 11.6. The van der Waals surface area contributed by atoms with Gasteiger partial charge < -0.3 is 0 Å². The summed E-state index contributed by atoms with van der Waals surface area (Å²) >= 11 is 0. The van der Waals surface area contributed by atoms with E-state index in [1.54, 1.807) is 10.7 Å². The Morgan fingerprint density at radius 1 is 1.25 bits per heavy atom. The molecule has 0 radical (unpaired) electrons. The van der Waals surface area contributed by atoms with Gasteiger partial charge in [-0.25, -0.2) is 4.68 Å². The molecule has 2 aromatic rings. The third-order valence-electron chi connectivity index (χ3n) is 2.37. The highest BCUT2D eigenvalue weighted by atomic mass is 16.1. The molecule has 0 aliphatic rings. The number of rotatable bonds is 4. The van der Waals surface area contributed by atoms with Crippen molar-refractivity contribution in [2.24, 2.45) is 0 Å². The number of hydrogen-bond donors (Lipinski definition) is 0. The fourth-order valence-electron chi connectivity index (χ4n) is 1.55. The van der Waals surface area contributed by atoms with Crippen molar-refractivity contribution < 1.29 is 4.79 Å². The van der Waals surface area contributed by atoms with E-state index in [0.717, 1.165) is 12.1 Å². The van der Waals surface area contributed by atoms with E-state index in [9.17, 15) is 4.79 Å². The molecule has 3 nitrogen and oxygen atoms in total. The van der Waals surface area contributed by atoms with Gasteiger partial charge in [-0.3, -0.25) is 4.79 Å². The Kier molecular flexibility index (Phi) is 3.15. The fourth-order valence-corrected chi connectivity index (χ4v) is 1.55. The molecule has 0 aliphatic carbocycles. The van der Waals surface area contributed by atoms with Crippen LogP contribution in [0.15, 0.2) is 42.6 Å². The minimum atomic E-state index is 0.109. The minimum absolute atomic E-state index is 0.109. The summed E-state index contributed by atoms with van der Waals surface area (Å²) < 4.78 is 1.73. The Bertz CT molecular complexity index is 474. The van der Waals surface area contributed by atoms with Crippen LogP contribution in [0.5, 0.6) is 0 Å². The predicted octanol–water partition coefficient (Wildman–Crippen LogP) is 2.86. The van der Waals surface area contributed by atoms with Crippen LogP contribution in [0, 0.1) is 0 Å². The molecule has 1 aromatic carbocycles. The van der Waals surface area contributed by atoms with Gasteiger partial charge in [0.05, 0.1) is 5.69 Å². The van der Waals surface area contributed by atoms with Gasteiger partial charge in [0.1, 0.15) is 5.69 Å². The lowest BCUT2D eigenvalue weighted by molar-refractivity contribution is 0.0976. The number of para-hydroxylation sites is 1. The fraction of sp³-hybridized carbons (Fsp3) is 0.231. The topological polar surface area (TPSA) is 34.9 Å². The average Bonchev–Trinajstić information content (AvgIpc) is 2.80. The highest BCUT2D eigenvalue weighted by Gasteiger charge is 2.08.